The second kappa shape index (κ2) is 5.00. The van der Waals surface area contributed by atoms with Crippen LogP contribution in [0.1, 0.15) is 20.3 Å². The molecule has 0 amide bonds. The molecule has 1 unspecified atom stereocenters. The van der Waals surface area contributed by atoms with E-state index in [4.69, 9.17) is 17.3 Å². The molecule has 0 saturated carbocycles. The van der Waals surface area contributed by atoms with Crippen molar-refractivity contribution in [3.63, 3.8) is 0 Å². The van der Waals surface area contributed by atoms with E-state index in [0.29, 0.717) is 17.4 Å². The van der Waals surface area contributed by atoms with E-state index < -0.39 is 0 Å². The average Bonchev–Trinajstić information content (AvgIpc) is 2.19. The SMILES string of the molecule is CCC(C)CNc1nc(Cl)ncc1N. The maximum Gasteiger partial charge on any atom is 0.224 e. The molecule has 0 bridgehead atoms. The molecule has 0 aliphatic rings. The smallest absolute Gasteiger partial charge is 0.224 e. The molecule has 1 aromatic rings. The Kier molecular flexibility index (Phi) is 3.95. The van der Waals surface area contributed by atoms with Gasteiger partial charge in [0.15, 0.2) is 5.82 Å². The van der Waals surface area contributed by atoms with Gasteiger partial charge < -0.3 is 11.1 Å². The monoisotopic (exact) mass is 214 g/mol. The summed E-state index contributed by atoms with van der Waals surface area (Å²) in [5, 5.41) is 3.36. The first kappa shape index (κ1) is 11.0. The van der Waals surface area contributed by atoms with E-state index in [2.05, 4.69) is 29.1 Å². The first-order valence-electron chi connectivity index (χ1n) is 4.65. The number of hydrogen-bond acceptors (Lipinski definition) is 4. The van der Waals surface area contributed by atoms with Crippen LogP contribution in [0.15, 0.2) is 6.20 Å². The van der Waals surface area contributed by atoms with Crippen LogP contribution in [0, 0.1) is 5.92 Å². The molecule has 0 aliphatic carbocycles. The second-order valence-corrected chi connectivity index (χ2v) is 3.68. The van der Waals surface area contributed by atoms with Gasteiger partial charge in [-0.15, -0.1) is 0 Å². The molecule has 1 aromatic heterocycles. The number of nitrogens with zero attached hydrogens (tertiary/aromatic N) is 2. The zero-order chi connectivity index (χ0) is 10.6. The summed E-state index contributed by atoms with van der Waals surface area (Å²) in [4.78, 5) is 7.77. The van der Waals surface area contributed by atoms with Crippen molar-refractivity contribution in [2.75, 3.05) is 17.6 Å². The predicted molar refractivity (Wildman–Crippen MR) is 59.4 cm³/mol. The van der Waals surface area contributed by atoms with Crippen LogP contribution < -0.4 is 11.1 Å². The summed E-state index contributed by atoms with van der Waals surface area (Å²) < 4.78 is 0. The van der Waals surface area contributed by atoms with Crippen LogP contribution in [-0.4, -0.2) is 16.5 Å². The Morgan fingerprint density at radius 3 is 3.00 bits per heavy atom. The number of nitrogens with one attached hydrogen (secondary N) is 1. The van der Waals surface area contributed by atoms with Gasteiger partial charge in [-0.05, 0) is 17.5 Å². The number of aromatic nitrogens is 2. The van der Waals surface area contributed by atoms with Gasteiger partial charge in [-0.25, -0.2) is 4.98 Å². The van der Waals surface area contributed by atoms with Crippen molar-refractivity contribution < 1.29 is 0 Å². The highest BCUT2D eigenvalue weighted by molar-refractivity contribution is 6.28. The molecule has 0 aromatic carbocycles. The molecule has 5 heteroatoms. The van der Waals surface area contributed by atoms with Crippen LogP contribution in [0.25, 0.3) is 0 Å². The largest absolute Gasteiger partial charge is 0.394 e. The fourth-order valence-electron chi connectivity index (χ4n) is 0.926. The molecule has 0 saturated heterocycles. The van der Waals surface area contributed by atoms with Gasteiger partial charge in [0, 0.05) is 6.54 Å². The molecule has 0 aliphatic heterocycles. The van der Waals surface area contributed by atoms with Crippen molar-refractivity contribution >= 4 is 23.1 Å². The van der Waals surface area contributed by atoms with E-state index in [1.165, 1.54) is 6.20 Å². The summed E-state index contributed by atoms with van der Waals surface area (Å²) in [6.07, 6.45) is 2.62. The fourth-order valence-corrected chi connectivity index (χ4v) is 1.06. The Bertz CT molecular complexity index is 303. The van der Waals surface area contributed by atoms with Gasteiger partial charge in [-0.3, -0.25) is 0 Å². The summed E-state index contributed by atoms with van der Waals surface area (Å²) in [5.41, 5.74) is 6.20. The summed E-state index contributed by atoms with van der Waals surface area (Å²) in [6, 6.07) is 0. The molecule has 1 heterocycles. The van der Waals surface area contributed by atoms with Crippen LogP contribution in [-0.2, 0) is 0 Å². The van der Waals surface area contributed by atoms with Crippen molar-refractivity contribution in [1.82, 2.24) is 9.97 Å². The zero-order valence-corrected chi connectivity index (χ0v) is 9.17. The molecule has 4 nitrogen and oxygen atoms in total. The number of hydrogen-bond donors (Lipinski definition) is 2. The molecule has 0 fully saturated rings. The Morgan fingerprint density at radius 1 is 1.64 bits per heavy atom. The Hall–Kier alpha value is -1.03. The van der Waals surface area contributed by atoms with E-state index >= 15 is 0 Å². The molecule has 3 N–H and O–H groups in total. The number of rotatable bonds is 4. The summed E-state index contributed by atoms with van der Waals surface area (Å²) in [6.45, 7) is 5.14. The van der Waals surface area contributed by atoms with E-state index in [1.54, 1.807) is 0 Å². The van der Waals surface area contributed by atoms with E-state index in [9.17, 15) is 0 Å². The molecular weight excluding hydrogens is 200 g/mol. The summed E-state index contributed by atoms with van der Waals surface area (Å²) in [5.74, 6) is 1.20. The second-order valence-electron chi connectivity index (χ2n) is 3.34. The summed E-state index contributed by atoms with van der Waals surface area (Å²) >= 11 is 5.65. The van der Waals surface area contributed by atoms with E-state index in [-0.39, 0.29) is 5.28 Å². The quantitative estimate of drug-likeness (QED) is 0.755. The number of halogens is 1. The van der Waals surface area contributed by atoms with Crippen LogP contribution >= 0.6 is 11.6 Å². The van der Waals surface area contributed by atoms with Gasteiger partial charge >= 0.3 is 0 Å². The normalized spacial score (nSPS) is 12.5. The van der Waals surface area contributed by atoms with Crippen molar-refractivity contribution in [2.24, 2.45) is 5.92 Å². The van der Waals surface area contributed by atoms with Gasteiger partial charge in [0.1, 0.15) is 0 Å². The molecule has 0 radical (unpaired) electrons. The predicted octanol–water partition coefficient (Wildman–Crippen LogP) is 2.17. The number of nitrogens with two attached hydrogens (primary N) is 1. The van der Waals surface area contributed by atoms with Gasteiger partial charge in [-0.1, -0.05) is 20.3 Å². The minimum absolute atomic E-state index is 0.214. The maximum atomic E-state index is 5.67. The first-order chi connectivity index (χ1) is 6.63. The Balaban J connectivity index is 2.62. The molecule has 0 spiro atoms. The van der Waals surface area contributed by atoms with Gasteiger partial charge in [0.05, 0.1) is 11.9 Å². The molecular formula is C9H15ClN4. The van der Waals surface area contributed by atoms with E-state index in [1.807, 2.05) is 0 Å². The lowest BCUT2D eigenvalue weighted by Crippen LogP contribution is -2.13. The van der Waals surface area contributed by atoms with Gasteiger partial charge in [-0.2, -0.15) is 4.98 Å². The lowest BCUT2D eigenvalue weighted by atomic mass is 10.1. The van der Waals surface area contributed by atoms with Crippen molar-refractivity contribution in [3.8, 4) is 0 Å². The summed E-state index contributed by atoms with van der Waals surface area (Å²) in [7, 11) is 0. The average molecular weight is 215 g/mol. The molecule has 1 rings (SSSR count). The third-order valence-electron chi connectivity index (χ3n) is 2.10. The van der Waals surface area contributed by atoms with Crippen LogP contribution in [0.5, 0.6) is 0 Å². The van der Waals surface area contributed by atoms with Gasteiger partial charge in [0.2, 0.25) is 5.28 Å². The third kappa shape index (κ3) is 3.03. The number of nitrogen functional groups attached to an aromatic ring is 1. The van der Waals surface area contributed by atoms with Crippen LogP contribution in [0.4, 0.5) is 11.5 Å². The lowest BCUT2D eigenvalue weighted by molar-refractivity contribution is 0.592. The van der Waals surface area contributed by atoms with Gasteiger partial charge in [0.25, 0.3) is 0 Å². The zero-order valence-electron chi connectivity index (χ0n) is 8.42. The molecule has 1 atom stereocenters. The van der Waals surface area contributed by atoms with E-state index in [0.717, 1.165) is 13.0 Å². The highest BCUT2D eigenvalue weighted by Crippen LogP contribution is 2.16. The Labute approximate surface area is 88.9 Å². The van der Waals surface area contributed by atoms with Crippen molar-refractivity contribution in [2.45, 2.75) is 20.3 Å². The fraction of sp³-hybridized carbons (Fsp3) is 0.556. The molecule has 14 heavy (non-hydrogen) atoms. The minimum Gasteiger partial charge on any atom is -0.394 e. The van der Waals surface area contributed by atoms with Crippen molar-refractivity contribution in [1.29, 1.82) is 0 Å². The topological polar surface area (TPSA) is 63.8 Å². The van der Waals surface area contributed by atoms with Crippen LogP contribution in [0.2, 0.25) is 5.28 Å². The standard InChI is InChI=1S/C9H15ClN4/c1-3-6(2)4-12-8-7(11)5-13-9(10)14-8/h5-6H,3-4,11H2,1-2H3,(H,12,13,14). The highest BCUT2D eigenvalue weighted by atomic mass is 35.5. The minimum atomic E-state index is 0.214. The first-order valence-corrected chi connectivity index (χ1v) is 5.03. The Morgan fingerprint density at radius 2 is 2.36 bits per heavy atom. The third-order valence-corrected chi connectivity index (χ3v) is 2.28. The lowest BCUT2D eigenvalue weighted by Gasteiger charge is -2.11. The molecule has 78 valence electrons. The number of anilines is 2. The highest BCUT2D eigenvalue weighted by Gasteiger charge is 2.04. The maximum absolute atomic E-state index is 5.67. The van der Waals surface area contributed by atoms with Crippen LogP contribution in [0.3, 0.4) is 0 Å². The van der Waals surface area contributed by atoms with Crippen molar-refractivity contribution in [3.05, 3.63) is 11.5 Å².